The van der Waals surface area contributed by atoms with Crippen molar-refractivity contribution in [1.82, 2.24) is 5.32 Å². The number of hydrogen-bond donors (Lipinski definition) is 2. The van der Waals surface area contributed by atoms with E-state index in [4.69, 9.17) is 4.74 Å². The van der Waals surface area contributed by atoms with Crippen LogP contribution < -0.4 is 10.1 Å². The topological polar surface area (TPSA) is 119 Å². The predicted molar refractivity (Wildman–Crippen MR) is 77.8 cm³/mol. The molecule has 0 spiro atoms. The number of amides is 1. The van der Waals surface area contributed by atoms with Gasteiger partial charge in [-0.2, -0.15) is 0 Å². The summed E-state index contributed by atoms with van der Waals surface area (Å²) in [7, 11) is 0. The van der Waals surface area contributed by atoms with Gasteiger partial charge in [-0.3, -0.25) is 10.1 Å². The van der Waals surface area contributed by atoms with Crippen molar-refractivity contribution in [2.75, 3.05) is 0 Å². The number of non-ortho nitro benzene ring substituents is 1. The summed E-state index contributed by atoms with van der Waals surface area (Å²) >= 11 is 0. The number of carbonyl (C=O) groups excluding carboxylic acids is 1. The van der Waals surface area contributed by atoms with E-state index in [2.05, 4.69) is 5.32 Å². The first-order chi connectivity index (χ1) is 10.2. The van der Waals surface area contributed by atoms with Crippen LogP contribution in [0.15, 0.2) is 24.3 Å². The third-order valence-corrected chi connectivity index (χ3v) is 3.66. The summed E-state index contributed by atoms with van der Waals surface area (Å²) in [5.41, 5.74) is -1.60. The average molecular weight is 310 g/mol. The molecule has 120 valence electrons. The van der Waals surface area contributed by atoms with Crippen molar-refractivity contribution in [2.45, 2.75) is 32.7 Å². The van der Waals surface area contributed by atoms with Crippen molar-refractivity contribution in [3.8, 4) is 5.75 Å². The Balaban J connectivity index is 2.80. The fourth-order valence-electron chi connectivity index (χ4n) is 1.78. The summed E-state index contributed by atoms with van der Waals surface area (Å²) in [5, 5.41) is 22.2. The Morgan fingerprint density at radius 2 is 1.95 bits per heavy atom. The van der Waals surface area contributed by atoms with E-state index in [9.17, 15) is 24.8 Å². The van der Waals surface area contributed by atoms with Crippen molar-refractivity contribution < 1.29 is 24.4 Å². The van der Waals surface area contributed by atoms with Gasteiger partial charge in [0.05, 0.1) is 4.92 Å². The van der Waals surface area contributed by atoms with Gasteiger partial charge < -0.3 is 15.2 Å². The molecule has 0 aliphatic heterocycles. The van der Waals surface area contributed by atoms with E-state index in [1.54, 1.807) is 6.92 Å². The number of aliphatic carboxylic acids is 1. The van der Waals surface area contributed by atoms with E-state index in [1.807, 2.05) is 6.92 Å². The van der Waals surface area contributed by atoms with Crippen LogP contribution in [0, 0.1) is 16.0 Å². The van der Waals surface area contributed by atoms with E-state index in [0.29, 0.717) is 6.42 Å². The zero-order chi connectivity index (χ0) is 16.9. The second kappa shape index (κ2) is 6.88. The van der Waals surface area contributed by atoms with E-state index >= 15 is 0 Å². The normalized spacial score (nSPS) is 14.5. The van der Waals surface area contributed by atoms with Crippen molar-refractivity contribution in [2.24, 2.45) is 5.92 Å². The zero-order valence-electron chi connectivity index (χ0n) is 12.5. The van der Waals surface area contributed by atoms with Gasteiger partial charge in [0.25, 0.3) is 5.69 Å². The van der Waals surface area contributed by atoms with Gasteiger partial charge in [0, 0.05) is 12.1 Å². The number of nitro groups is 1. The number of nitrogens with one attached hydrogen (secondary N) is 1. The van der Waals surface area contributed by atoms with Crippen molar-refractivity contribution in [3.63, 3.8) is 0 Å². The highest BCUT2D eigenvalue weighted by Gasteiger charge is 2.40. The Hall–Kier alpha value is -2.64. The molecule has 0 saturated carbocycles. The number of carbonyl (C=O) groups is 2. The number of nitrogens with zero attached hydrogens (tertiary/aromatic N) is 1. The smallest absolute Gasteiger partial charge is 0.413 e. The van der Waals surface area contributed by atoms with Crippen LogP contribution >= 0.6 is 0 Å². The molecule has 8 nitrogen and oxygen atoms in total. The lowest BCUT2D eigenvalue weighted by Crippen LogP contribution is -2.57. The van der Waals surface area contributed by atoms with Crippen LogP contribution in [-0.4, -0.2) is 27.6 Å². The van der Waals surface area contributed by atoms with Crippen molar-refractivity contribution >= 4 is 17.7 Å². The lowest BCUT2D eigenvalue weighted by atomic mass is 9.85. The van der Waals surface area contributed by atoms with E-state index < -0.39 is 22.5 Å². The maximum absolute atomic E-state index is 11.8. The van der Waals surface area contributed by atoms with Crippen LogP contribution in [0.1, 0.15) is 27.2 Å². The van der Waals surface area contributed by atoms with Crippen LogP contribution in [0.4, 0.5) is 10.5 Å². The molecular formula is C14H18N2O6. The standard InChI is InChI=1S/C14H18N2O6/c1-4-9(2)14(3,12(17)18)15-13(19)22-11-7-5-10(6-8-11)16(20)21/h5-9H,4H2,1-3H3,(H,15,19)(H,17,18)/t9-,14-/m0/s1. The molecule has 0 aliphatic carbocycles. The highest BCUT2D eigenvalue weighted by atomic mass is 16.6. The van der Waals surface area contributed by atoms with E-state index in [-0.39, 0.29) is 17.4 Å². The lowest BCUT2D eigenvalue weighted by Gasteiger charge is -2.31. The molecule has 0 aromatic heterocycles. The minimum absolute atomic E-state index is 0.0833. The molecule has 1 aromatic rings. The summed E-state index contributed by atoms with van der Waals surface area (Å²) in [5.74, 6) is -1.39. The highest BCUT2D eigenvalue weighted by Crippen LogP contribution is 2.22. The van der Waals surface area contributed by atoms with Gasteiger partial charge in [-0.1, -0.05) is 20.3 Å². The second-order valence-electron chi connectivity index (χ2n) is 5.08. The predicted octanol–water partition coefficient (Wildman–Crippen LogP) is 2.57. The molecule has 0 bridgehead atoms. The Morgan fingerprint density at radius 3 is 2.36 bits per heavy atom. The van der Waals surface area contributed by atoms with Gasteiger partial charge in [-0.15, -0.1) is 0 Å². The van der Waals surface area contributed by atoms with E-state index in [1.165, 1.54) is 31.2 Å². The summed E-state index contributed by atoms with van der Waals surface area (Å²) in [4.78, 5) is 33.2. The molecule has 0 heterocycles. The molecule has 1 aromatic carbocycles. The first-order valence-electron chi connectivity index (χ1n) is 6.68. The molecule has 0 radical (unpaired) electrons. The largest absolute Gasteiger partial charge is 0.480 e. The Labute approximate surface area is 127 Å². The number of benzene rings is 1. The van der Waals surface area contributed by atoms with Crippen LogP contribution in [0.5, 0.6) is 5.75 Å². The SMILES string of the molecule is CC[C@H](C)[C@](C)(NC(=O)Oc1ccc([N+](=O)[O-])cc1)C(=O)O. The summed E-state index contributed by atoms with van der Waals surface area (Å²) in [6.45, 7) is 4.93. The maximum Gasteiger partial charge on any atom is 0.413 e. The third kappa shape index (κ3) is 3.94. The Morgan fingerprint density at radius 1 is 1.41 bits per heavy atom. The first kappa shape index (κ1) is 17.4. The third-order valence-electron chi connectivity index (χ3n) is 3.66. The summed E-state index contributed by atoms with van der Waals surface area (Å²) in [6, 6.07) is 4.90. The van der Waals surface area contributed by atoms with Gasteiger partial charge in [-0.05, 0) is 25.0 Å². The molecule has 8 heteroatoms. The molecule has 1 rings (SSSR count). The number of ether oxygens (including phenoxy) is 1. The quantitative estimate of drug-likeness (QED) is 0.615. The molecule has 1 amide bonds. The lowest BCUT2D eigenvalue weighted by molar-refractivity contribution is -0.384. The maximum atomic E-state index is 11.8. The number of carboxylic acids is 1. The fourth-order valence-corrected chi connectivity index (χ4v) is 1.78. The van der Waals surface area contributed by atoms with Gasteiger partial charge in [0.1, 0.15) is 11.3 Å². The molecule has 0 aliphatic rings. The molecular weight excluding hydrogens is 292 g/mol. The molecule has 22 heavy (non-hydrogen) atoms. The van der Waals surface area contributed by atoms with E-state index in [0.717, 1.165) is 0 Å². The molecule has 0 unspecified atom stereocenters. The van der Waals surface area contributed by atoms with Crippen molar-refractivity contribution in [1.29, 1.82) is 0 Å². The highest BCUT2D eigenvalue weighted by molar-refractivity contribution is 5.84. The van der Waals surface area contributed by atoms with Crippen molar-refractivity contribution in [3.05, 3.63) is 34.4 Å². The number of rotatable bonds is 6. The molecule has 0 fully saturated rings. The van der Waals surface area contributed by atoms with Gasteiger partial charge in [-0.25, -0.2) is 9.59 Å². The number of nitro benzene ring substituents is 1. The zero-order valence-corrected chi connectivity index (χ0v) is 12.5. The summed E-state index contributed by atoms with van der Waals surface area (Å²) in [6.07, 6.45) is -0.375. The minimum atomic E-state index is -1.47. The van der Waals surface area contributed by atoms with Crippen LogP contribution in [0.25, 0.3) is 0 Å². The minimum Gasteiger partial charge on any atom is -0.480 e. The molecule has 2 atom stereocenters. The monoisotopic (exact) mass is 310 g/mol. The fraction of sp³-hybridized carbons (Fsp3) is 0.429. The Bertz CT molecular complexity index is 571. The number of hydrogen-bond acceptors (Lipinski definition) is 5. The average Bonchev–Trinajstić information content (AvgIpc) is 2.46. The second-order valence-corrected chi connectivity index (χ2v) is 5.08. The van der Waals surface area contributed by atoms with Crippen LogP contribution in [0.2, 0.25) is 0 Å². The van der Waals surface area contributed by atoms with Gasteiger partial charge >= 0.3 is 12.1 Å². The van der Waals surface area contributed by atoms with Crippen LogP contribution in [-0.2, 0) is 4.79 Å². The molecule has 2 N–H and O–H groups in total. The molecule has 0 saturated heterocycles. The van der Waals surface area contributed by atoms with Crippen LogP contribution in [0.3, 0.4) is 0 Å². The van der Waals surface area contributed by atoms with Gasteiger partial charge in [0.15, 0.2) is 0 Å². The summed E-state index contributed by atoms with van der Waals surface area (Å²) < 4.78 is 4.95. The van der Waals surface area contributed by atoms with Gasteiger partial charge in [0.2, 0.25) is 0 Å². The number of carboxylic acid groups (broad SMARTS) is 1. The first-order valence-corrected chi connectivity index (χ1v) is 6.68. The Kier molecular flexibility index (Phi) is 5.44.